The number of allylic oxidation sites excluding steroid dienone is 2. The number of anilines is 1. The van der Waals surface area contributed by atoms with Crippen molar-refractivity contribution in [1.29, 1.82) is 0 Å². The number of nitrogens with zero attached hydrogens (tertiary/aromatic N) is 1. The molecule has 0 aromatic heterocycles. The fourth-order valence-corrected chi connectivity index (χ4v) is 6.21. The summed E-state index contributed by atoms with van der Waals surface area (Å²) >= 11 is 0. The number of aliphatic hydroxyl groups excluding tert-OH is 1. The molecule has 0 radical (unpaired) electrons. The maximum Gasteiger partial charge on any atom is 0.219 e. The number of aliphatic hydroxyl groups is 1. The van der Waals surface area contributed by atoms with E-state index in [1.165, 1.54) is 5.56 Å². The number of ether oxygens (including phenoxy) is 1. The van der Waals surface area contributed by atoms with E-state index >= 15 is 0 Å². The second-order valence-corrected chi connectivity index (χ2v) is 11.2. The number of hydrogen-bond acceptors (Lipinski definition) is 4. The molecule has 0 saturated heterocycles. The number of hydrogen-bond donors (Lipinski definition) is 2. The molecular formula is C34H35N2O3+. The zero-order valence-corrected chi connectivity index (χ0v) is 22.9. The zero-order valence-electron chi connectivity index (χ0n) is 22.9. The third-order valence-electron chi connectivity index (χ3n) is 8.54. The summed E-state index contributed by atoms with van der Waals surface area (Å²) in [6, 6.07) is 26.4. The molecule has 5 nitrogen and oxygen atoms in total. The van der Waals surface area contributed by atoms with Crippen LogP contribution in [0.15, 0.2) is 96.2 Å². The lowest BCUT2D eigenvalue weighted by Gasteiger charge is -2.36. The summed E-state index contributed by atoms with van der Waals surface area (Å²) in [6.45, 7) is 7.24. The SMILES string of the molecule is COC(C)CCN1C(=CC2C(=O)C(=C3C(c4ccccc4)=[NH+]c4ccccc43)C2O)C(C)(C)c2ccccc21. The summed E-state index contributed by atoms with van der Waals surface area (Å²) in [5, 5.41) is 11.6. The first-order valence-electron chi connectivity index (χ1n) is 13.7. The lowest BCUT2D eigenvalue weighted by molar-refractivity contribution is -0.348. The van der Waals surface area contributed by atoms with Crippen molar-refractivity contribution in [2.45, 2.75) is 44.8 Å². The van der Waals surface area contributed by atoms with Crippen molar-refractivity contribution in [2.75, 3.05) is 18.6 Å². The molecule has 6 rings (SSSR count). The normalized spacial score (nSPS) is 24.8. The average molecular weight is 520 g/mol. The molecule has 3 aromatic rings. The van der Waals surface area contributed by atoms with Gasteiger partial charge < -0.3 is 14.7 Å². The van der Waals surface area contributed by atoms with Gasteiger partial charge in [0.1, 0.15) is 0 Å². The molecule has 0 amide bonds. The van der Waals surface area contributed by atoms with Gasteiger partial charge in [0.25, 0.3) is 0 Å². The number of nitrogens with one attached hydrogen (secondary N) is 1. The van der Waals surface area contributed by atoms with Crippen LogP contribution in [-0.4, -0.2) is 42.5 Å². The van der Waals surface area contributed by atoms with Crippen LogP contribution in [0.4, 0.5) is 11.4 Å². The topological polar surface area (TPSA) is 63.7 Å². The van der Waals surface area contributed by atoms with Crippen LogP contribution in [0.5, 0.6) is 0 Å². The summed E-state index contributed by atoms with van der Waals surface area (Å²) in [4.78, 5) is 19.7. The van der Waals surface area contributed by atoms with Gasteiger partial charge in [0.15, 0.2) is 5.78 Å². The Balaban J connectivity index is 1.40. The highest BCUT2D eigenvalue weighted by Gasteiger charge is 2.50. The Labute approximate surface area is 230 Å². The summed E-state index contributed by atoms with van der Waals surface area (Å²) in [5.41, 5.74) is 8.22. The fourth-order valence-electron chi connectivity index (χ4n) is 6.21. The van der Waals surface area contributed by atoms with E-state index in [-0.39, 0.29) is 17.3 Å². The minimum atomic E-state index is -0.883. The maximum atomic E-state index is 13.9. The second-order valence-electron chi connectivity index (χ2n) is 11.2. The molecule has 0 spiro atoms. The number of ketones is 1. The van der Waals surface area contributed by atoms with Gasteiger partial charge in [-0.3, -0.25) is 4.79 Å². The number of carbonyl (C=O) groups excluding carboxylic acids is 1. The third kappa shape index (κ3) is 4.08. The molecule has 1 saturated carbocycles. The van der Waals surface area contributed by atoms with Gasteiger partial charge in [-0.05, 0) is 43.2 Å². The lowest BCUT2D eigenvalue weighted by Crippen LogP contribution is -2.64. The van der Waals surface area contributed by atoms with Crippen LogP contribution < -0.4 is 9.89 Å². The van der Waals surface area contributed by atoms with Crippen LogP contribution in [0.2, 0.25) is 0 Å². The standard InChI is InChI=1S/C34H34N2O3/c1-21(39-4)18-19-36-27-17-11-9-15-25(27)34(2,3)28(36)20-24-32(37)30(33(24)38)29-23-14-8-10-16-26(23)35-31(29)22-12-6-5-7-13-22/h5-17,20-21,24,32,37H,18-19H2,1-4H3/p+1. The molecule has 39 heavy (non-hydrogen) atoms. The van der Waals surface area contributed by atoms with Gasteiger partial charge >= 0.3 is 0 Å². The van der Waals surface area contributed by atoms with Crippen molar-refractivity contribution < 1.29 is 19.6 Å². The molecule has 5 heteroatoms. The summed E-state index contributed by atoms with van der Waals surface area (Å²) in [5.74, 6) is -0.614. The smallest absolute Gasteiger partial charge is 0.219 e. The van der Waals surface area contributed by atoms with Crippen LogP contribution in [0.3, 0.4) is 0 Å². The van der Waals surface area contributed by atoms with Crippen molar-refractivity contribution in [3.63, 3.8) is 0 Å². The number of Topliss-reactive ketones (excluding diaryl/α,β-unsaturated/α-hetero) is 1. The predicted octanol–water partition coefficient (Wildman–Crippen LogP) is 4.32. The van der Waals surface area contributed by atoms with E-state index in [9.17, 15) is 9.90 Å². The first-order valence-corrected chi connectivity index (χ1v) is 13.7. The van der Waals surface area contributed by atoms with Gasteiger partial charge in [-0.25, -0.2) is 4.99 Å². The Kier molecular flexibility index (Phi) is 6.37. The number of rotatable bonds is 6. The Hall–Kier alpha value is -3.80. The van der Waals surface area contributed by atoms with E-state index in [4.69, 9.17) is 4.74 Å². The minimum absolute atomic E-state index is 0.0195. The monoisotopic (exact) mass is 519 g/mol. The van der Waals surface area contributed by atoms with E-state index < -0.39 is 12.0 Å². The Morgan fingerprint density at radius 1 is 1.03 bits per heavy atom. The summed E-state index contributed by atoms with van der Waals surface area (Å²) in [7, 11) is 1.73. The van der Waals surface area contributed by atoms with E-state index in [0.717, 1.165) is 52.4 Å². The molecule has 1 aliphatic carbocycles. The maximum absolute atomic E-state index is 13.9. The largest absolute Gasteiger partial charge is 0.387 e. The number of benzene rings is 3. The van der Waals surface area contributed by atoms with Crippen molar-refractivity contribution in [1.82, 2.24) is 0 Å². The first-order chi connectivity index (χ1) is 18.8. The average Bonchev–Trinajstić information content (AvgIpc) is 3.43. The fraction of sp³-hybridized carbons (Fsp3) is 0.294. The molecule has 2 heterocycles. The van der Waals surface area contributed by atoms with Crippen LogP contribution in [0, 0.1) is 5.92 Å². The van der Waals surface area contributed by atoms with Gasteiger partial charge in [0.2, 0.25) is 11.4 Å². The summed E-state index contributed by atoms with van der Waals surface area (Å²) < 4.78 is 5.52. The number of fused-ring (bicyclic) bond motifs is 2. The number of carbonyl (C=O) groups is 1. The van der Waals surface area contributed by atoms with Gasteiger partial charge in [-0.15, -0.1) is 0 Å². The van der Waals surface area contributed by atoms with Gasteiger partial charge in [-0.2, -0.15) is 0 Å². The highest BCUT2D eigenvalue weighted by Crippen LogP contribution is 2.50. The van der Waals surface area contributed by atoms with Crippen molar-refractivity contribution in [2.24, 2.45) is 5.92 Å². The zero-order chi connectivity index (χ0) is 27.3. The molecular weight excluding hydrogens is 484 g/mol. The van der Waals surface area contributed by atoms with E-state index in [0.29, 0.717) is 5.57 Å². The van der Waals surface area contributed by atoms with Gasteiger partial charge in [-0.1, -0.05) is 68.5 Å². The molecule has 3 unspecified atom stereocenters. The van der Waals surface area contributed by atoms with Crippen molar-refractivity contribution in [3.05, 3.63) is 113 Å². The molecule has 1 fully saturated rings. The Morgan fingerprint density at radius 2 is 1.72 bits per heavy atom. The van der Waals surface area contributed by atoms with Crippen molar-refractivity contribution >= 4 is 28.4 Å². The quantitative estimate of drug-likeness (QED) is 0.476. The molecule has 3 aromatic carbocycles. The van der Waals surface area contributed by atoms with Crippen LogP contribution in [0.1, 0.15) is 43.9 Å². The van der Waals surface area contributed by atoms with Crippen LogP contribution >= 0.6 is 0 Å². The van der Waals surface area contributed by atoms with Crippen molar-refractivity contribution in [3.8, 4) is 0 Å². The summed E-state index contributed by atoms with van der Waals surface area (Å²) in [6.07, 6.45) is 2.11. The molecule has 198 valence electrons. The Bertz CT molecular complexity index is 1530. The van der Waals surface area contributed by atoms with E-state index in [1.54, 1.807) is 7.11 Å². The van der Waals surface area contributed by atoms with Gasteiger partial charge in [0, 0.05) is 47.7 Å². The molecule has 3 aliphatic rings. The number of methoxy groups -OCH3 is 1. The highest BCUT2D eigenvalue weighted by molar-refractivity contribution is 6.37. The lowest BCUT2D eigenvalue weighted by atomic mass is 9.69. The molecule has 2 aliphatic heterocycles. The van der Waals surface area contributed by atoms with E-state index in [2.05, 4.69) is 54.9 Å². The predicted molar refractivity (Wildman–Crippen MR) is 155 cm³/mol. The second kappa shape index (κ2) is 9.74. The van der Waals surface area contributed by atoms with Crippen LogP contribution in [0.25, 0.3) is 5.57 Å². The van der Waals surface area contributed by atoms with Crippen LogP contribution in [-0.2, 0) is 14.9 Å². The Morgan fingerprint density at radius 3 is 2.46 bits per heavy atom. The highest BCUT2D eigenvalue weighted by atomic mass is 16.5. The van der Waals surface area contributed by atoms with E-state index in [1.807, 2.05) is 60.7 Å². The van der Waals surface area contributed by atoms with Gasteiger partial charge in [0.05, 0.1) is 29.3 Å². The molecule has 0 bridgehead atoms. The number of para-hydroxylation sites is 2. The molecule has 3 atom stereocenters. The minimum Gasteiger partial charge on any atom is -0.387 e. The first kappa shape index (κ1) is 25.5. The third-order valence-corrected chi connectivity index (χ3v) is 8.54. The molecule has 2 N–H and O–H groups in total.